The molecule has 0 spiro atoms. The van der Waals surface area contributed by atoms with E-state index in [-0.39, 0.29) is 5.69 Å². The Bertz CT molecular complexity index is 670. The molecule has 4 heteroatoms. The van der Waals surface area contributed by atoms with Gasteiger partial charge >= 0.3 is 0 Å². The number of rotatable bonds is 2. The predicted octanol–water partition coefficient (Wildman–Crippen LogP) is 3.96. The zero-order valence-electron chi connectivity index (χ0n) is 9.37. The maximum atomic E-state index is 10.6. The topological polar surface area (TPSA) is 56.3 Å². The van der Waals surface area contributed by atoms with Crippen molar-refractivity contribution in [1.29, 1.82) is 0 Å². The first-order valence-corrected chi connectivity index (χ1v) is 5.46. The number of hydrogen-bond acceptors (Lipinski definition) is 3. The highest BCUT2D eigenvalue weighted by Gasteiger charge is 2.09. The zero-order chi connectivity index (χ0) is 12.5. The molecule has 1 aliphatic carbocycles. The molecule has 0 N–H and O–H groups in total. The second-order valence-electron chi connectivity index (χ2n) is 3.98. The summed E-state index contributed by atoms with van der Waals surface area (Å²) in [5.41, 5.74) is 3.03. The van der Waals surface area contributed by atoms with Crippen molar-refractivity contribution in [3.05, 3.63) is 64.9 Å². The van der Waals surface area contributed by atoms with Crippen LogP contribution in [0.1, 0.15) is 0 Å². The summed E-state index contributed by atoms with van der Waals surface area (Å²) in [6.45, 7) is 0. The molecule has 0 saturated heterocycles. The minimum Gasteiger partial charge on any atom is -0.464 e. The number of fused-ring (bicyclic) bond motifs is 1. The molecule has 1 heterocycles. The number of non-ortho nitro benzene ring substituents is 1. The second-order valence-corrected chi connectivity index (χ2v) is 3.98. The van der Waals surface area contributed by atoms with Crippen LogP contribution in [0.15, 0.2) is 59.2 Å². The first-order chi connectivity index (χ1) is 8.74. The van der Waals surface area contributed by atoms with E-state index in [2.05, 4.69) is 0 Å². The summed E-state index contributed by atoms with van der Waals surface area (Å²) in [6.07, 6.45) is 1.69. The summed E-state index contributed by atoms with van der Waals surface area (Å²) in [7, 11) is 0. The van der Waals surface area contributed by atoms with Crippen LogP contribution in [0.4, 0.5) is 5.69 Å². The Morgan fingerprint density at radius 1 is 0.944 bits per heavy atom. The summed E-state index contributed by atoms with van der Waals surface area (Å²) in [4.78, 5) is 10.2. The fraction of sp³-hybridized carbons (Fsp3) is 0. The molecular weight excluding hydrogens is 230 g/mol. The predicted molar refractivity (Wildman–Crippen MR) is 67.4 cm³/mol. The van der Waals surface area contributed by atoms with Gasteiger partial charge in [0.1, 0.15) is 5.76 Å². The minimum absolute atomic E-state index is 0.0770. The van der Waals surface area contributed by atoms with Crippen LogP contribution in [0, 0.1) is 10.1 Å². The van der Waals surface area contributed by atoms with Crippen molar-refractivity contribution in [3.63, 3.8) is 0 Å². The molecule has 18 heavy (non-hydrogen) atoms. The molecule has 0 fully saturated rings. The van der Waals surface area contributed by atoms with E-state index < -0.39 is 4.92 Å². The lowest BCUT2D eigenvalue weighted by atomic mass is 10.1. The summed E-state index contributed by atoms with van der Waals surface area (Å²) in [6, 6.07) is 14.2. The van der Waals surface area contributed by atoms with Gasteiger partial charge in [0, 0.05) is 23.3 Å². The lowest BCUT2D eigenvalue weighted by Gasteiger charge is -2.03. The molecule has 0 amide bonds. The Balaban J connectivity index is 2.04. The summed E-state index contributed by atoms with van der Waals surface area (Å²) in [5, 5.41) is 10.6. The standard InChI is InChI=1S/C14H9NO3/c16-15(17)13-6-4-10(5-7-13)14-8-11-2-1-3-12(11)9-18-14/h1-9H. The van der Waals surface area contributed by atoms with Crippen molar-refractivity contribution in [2.24, 2.45) is 0 Å². The quantitative estimate of drug-likeness (QED) is 0.502. The van der Waals surface area contributed by atoms with E-state index in [0.717, 1.165) is 16.7 Å². The van der Waals surface area contributed by atoms with Gasteiger partial charge in [-0.1, -0.05) is 18.2 Å². The maximum Gasteiger partial charge on any atom is 0.269 e. The monoisotopic (exact) mass is 239 g/mol. The van der Waals surface area contributed by atoms with Gasteiger partial charge in [0.15, 0.2) is 0 Å². The molecule has 1 aliphatic heterocycles. The van der Waals surface area contributed by atoms with Gasteiger partial charge in [-0.3, -0.25) is 10.1 Å². The van der Waals surface area contributed by atoms with E-state index >= 15 is 0 Å². The third kappa shape index (κ3) is 1.73. The van der Waals surface area contributed by atoms with E-state index in [1.807, 2.05) is 24.3 Å². The van der Waals surface area contributed by atoms with Crippen molar-refractivity contribution < 1.29 is 9.34 Å². The van der Waals surface area contributed by atoms with E-state index in [9.17, 15) is 10.1 Å². The van der Waals surface area contributed by atoms with Crippen LogP contribution in [-0.2, 0) is 0 Å². The number of nitro groups is 1. The van der Waals surface area contributed by atoms with E-state index in [4.69, 9.17) is 4.42 Å². The van der Waals surface area contributed by atoms with Crippen LogP contribution >= 0.6 is 0 Å². The molecule has 3 rings (SSSR count). The van der Waals surface area contributed by atoms with Crippen LogP contribution in [0.2, 0.25) is 0 Å². The normalized spacial score (nSPS) is 10.7. The molecule has 0 bridgehead atoms. The molecule has 1 aromatic carbocycles. The van der Waals surface area contributed by atoms with Crippen molar-refractivity contribution in [3.8, 4) is 22.5 Å². The molecule has 0 aromatic heterocycles. The lowest BCUT2D eigenvalue weighted by Crippen LogP contribution is -1.87. The molecule has 1 aromatic rings. The molecular formula is C14H9NO3. The van der Waals surface area contributed by atoms with E-state index in [1.54, 1.807) is 18.4 Å². The smallest absolute Gasteiger partial charge is 0.269 e. The van der Waals surface area contributed by atoms with Gasteiger partial charge in [0.25, 0.3) is 5.69 Å². The van der Waals surface area contributed by atoms with E-state index in [0.29, 0.717) is 5.76 Å². The average Bonchev–Trinajstić information content (AvgIpc) is 2.86. The number of hydrogen-bond donors (Lipinski definition) is 0. The third-order valence-electron chi connectivity index (χ3n) is 2.85. The fourth-order valence-corrected chi connectivity index (χ4v) is 1.89. The van der Waals surface area contributed by atoms with Crippen LogP contribution in [0.25, 0.3) is 22.5 Å². The highest BCUT2D eigenvalue weighted by atomic mass is 16.6. The average molecular weight is 239 g/mol. The third-order valence-corrected chi connectivity index (χ3v) is 2.85. The first-order valence-electron chi connectivity index (χ1n) is 5.46. The van der Waals surface area contributed by atoms with Crippen molar-refractivity contribution >= 4 is 5.69 Å². The van der Waals surface area contributed by atoms with Gasteiger partial charge in [0.2, 0.25) is 0 Å². The van der Waals surface area contributed by atoms with Crippen LogP contribution in [0.5, 0.6) is 0 Å². The van der Waals surface area contributed by atoms with Gasteiger partial charge in [-0.15, -0.1) is 0 Å². The molecule has 0 unspecified atom stereocenters. The van der Waals surface area contributed by atoms with Gasteiger partial charge in [-0.05, 0) is 23.8 Å². The fourth-order valence-electron chi connectivity index (χ4n) is 1.89. The van der Waals surface area contributed by atoms with Gasteiger partial charge in [0.05, 0.1) is 11.2 Å². The molecule has 88 valence electrons. The van der Waals surface area contributed by atoms with Crippen molar-refractivity contribution in [2.75, 3.05) is 0 Å². The molecule has 0 atom stereocenters. The van der Waals surface area contributed by atoms with Crippen LogP contribution in [0.3, 0.4) is 0 Å². The van der Waals surface area contributed by atoms with Crippen LogP contribution < -0.4 is 0 Å². The number of nitrogens with zero attached hydrogens (tertiary/aromatic N) is 1. The lowest BCUT2D eigenvalue weighted by molar-refractivity contribution is -0.384. The Morgan fingerprint density at radius 2 is 1.67 bits per heavy atom. The SMILES string of the molecule is O=[N+]([O-])c1ccc(-c2cc3cccc-3co2)cc1. The Kier molecular flexibility index (Phi) is 2.34. The summed E-state index contributed by atoms with van der Waals surface area (Å²) in [5.74, 6) is 0.698. The molecule has 0 saturated carbocycles. The first kappa shape index (κ1) is 10.5. The molecule has 4 nitrogen and oxygen atoms in total. The largest absolute Gasteiger partial charge is 0.464 e. The van der Waals surface area contributed by atoms with Crippen molar-refractivity contribution in [2.45, 2.75) is 0 Å². The Morgan fingerprint density at radius 3 is 2.39 bits per heavy atom. The number of benzene rings is 1. The van der Waals surface area contributed by atoms with Crippen molar-refractivity contribution in [1.82, 2.24) is 0 Å². The Hall–Kier alpha value is -2.62. The maximum absolute atomic E-state index is 10.6. The van der Waals surface area contributed by atoms with Gasteiger partial charge in [-0.2, -0.15) is 0 Å². The van der Waals surface area contributed by atoms with E-state index in [1.165, 1.54) is 12.1 Å². The highest BCUT2D eigenvalue weighted by Crippen LogP contribution is 2.30. The minimum atomic E-state index is -0.415. The van der Waals surface area contributed by atoms with Gasteiger partial charge < -0.3 is 4.42 Å². The summed E-state index contributed by atoms with van der Waals surface area (Å²) < 4.78 is 5.52. The Labute approximate surface area is 103 Å². The second kappa shape index (κ2) is 4.00. The molecule has 2 aliphatic rings. The zero-order valence-corrected chi connectivity index (χ0v) is 9.37. The highest BCUT2D eigenvalue weighted by molar-refractivity contribution is 5.71. The van der Waals surface area contributed by atoms with Crippen LogP contribution in [-0.4, -0.2) is 4.92 Å². The molecule has 0 radical (unpaired) electrons. The van der Waals surface area contributed by atoms with Gasteiger partial charge in [-0.25, -0.2) is 0 Å². The number of nitro benzene ring substituents is 1. The summed E-state index contributed by atoms with van der Waals surface area (Å²) >= 11 is 0.